The Morgan fingerprint density at radius 1 is 1.11 bits per heavy atom. The van der Waals surface area contributed by atoms with E-state index in [1.54, 1.807) is 13.2 Å². The van der Waals surface area contributed by atoms with E-state index in [0.29, 0.717) is 5.95 Å². The van der Waals surface area contributed by atoms with E-state index in [-0.39, 0.29) is 0 Å². The molecule has 1 aromatic carbocycles. The normalized spacial score (nSPS) is 10.4. The Kier molecular flexibility index (Phi) is 4.42. The van der Waals surface area contributed by atoms with Crippen molar-refractivity contribution >= 4 is 49.3 Å². The topological polar surface area (TPSA) is 49.8 Å². The van der Waals surface area contributed by atoms with Crippen molar-refractivity contribution in [1.82, 2.24) is 9.97 Å². The van der Waals surface area contributed by atoms with Crippen LogP contribution < -0.4 is 10.6 Å². The number of benzene rings is 1. The highest BCUT2D eigenvalue weighted by atomic mass is 79.9. The molecule has 19 heavy (non-hydrogen) atoms. The van der Waals surface area contributed by atoms with E-state index in [4.69, 9.17) is 0 Å². The van der Waals surface area contributed by atoms with Crippen LogP contribution in [0.2, 0.25) is 0 Å². The molecule has 0 spiro atoms. The number of aromatic nitrogens is 2. The summed E-state index contributed by atoms with van der Waals surface area (Å²) in [7, 11) is 1.79. The molecule has 1 heterocycles. The molecule has 2 N–H and O–H groups in total. The van der Waals surface area contributed by atoms with Crippen LogP contribution in [0.1, 0.15) is 11.1 Å². The smallest absolute Gasteiger partial charge is 0.224 e. The summed E-state index contributed by atoms with van der Waals surface area (Å²) in [5.41, 5.74) is 3.36. The van der Waals surface area contributed by atoms with Gasteiger partial charge in [0.2, 0.25) is 5.95 Å². The van der Waals surface area contributed by atoms with Crippen molar-refractivity contribution in [3.8, 4) is 0 Å². The van der Waals surface area contributed by atoms with Crippen molar-refractivity contribution in [3.63, 3.8) is 0 Å². The van der Waals surface area contributed by atoms with E-state index in [1.165, 1.54) is 11.1 Å². The van der Waals surface area contributed by atoms with Gasteiger partial charge in [-0.25, -0.2) is 4.98 Å². The first-order valence-corrected chi connectivity index (χ1v) is 7.34. The predicted molar refractivity (Wildman–Crippen MR) is 86.2 cm³/mol. The molecule has 0 aliphatic carbocycles. The van der Waals surface area contributed by atoms with E-state index in [0.717, 1.165) is 20.5 Å². The van der Waals surface area contributed by atoms with Crippen LogP contribution in [0.5, 0.6) is 0 Å². The van der Waals surface area contributed by atoms with Crippen molar-refractivity contribution in [3.05, 3.63) is 38.4 Å². The van der Waals surface area contributed by atoms with Crippen molar-refractivity contribution in [2.24, 2.45) is 0 Å². The summed E-state index contributed by atoms with van der Waals surface area (Å²) >= 11 is 7.01. The number of aryl methyl sites for hydroxylation is 2. The molecule has 0 saturated carbocycles. The number of rotatable bonds is 3. The Balaban J connectivity index is 2.36. The number of hydrogen-bond acceptors (Lipinski definition) is 4. The highest BCUT2D eigenvalue weighted by Gasteiger charge is 2.07. The monoisotopic (exact) mass is 384 g/mol. The largest absolute Gasteiger partial charge is 0.357 e. The van der Waals surface area contributed by atoms with Gasteiger partial charge >= 0.3 is 0 Å². The van der Waals surface area contributed by atoms with Crippen LogP contribution in [0.4, 0.5) is 17.5 Å². The molecular weight excluding hydrogens is 372 g/mol. The van der Waals surface area contributed by atoms with Crippen LogP contribution in [0.3, 0.4) is 0 Å². The maximum Gasteiger partial charge on any atom is 0.224 e. The van der Waals surface area contributed by atoms with E-state index >= 15 is 0 Å². The maximum atomic E-state index is 4.38. The molecule has 2 rings (SSSR count). The fourth-order valence-corrected chi connectivity index (χ4v) is 2.25. The van der Waals surface area contributed by atoms with Crippen molar-refractivity contribution in [2.45, 2.75) is 13.8 Å². The van der Waals surface area contributed by atoms with Crippen LogP contribution in [0.15, 0.2) is 27.3 Å². The second kappa shape index (κ2) is 5.88. The zero-order valence-electron chi connectivity index (χ0n) is 10.9. The van der Waals surface area contributed by atoms with Gasteiger partial charge < -0.3 is 10.6 Å². The van der Waals surface area contributed by atoms with Gasteiger partial charge in [-0.3, -0.25) is 0 Å². The second-order valence-electron chi connectivity index (χ2n) is 4.19. The van der Waals surface area contributed by atoms with Crippen LogP contribution in [-0.4, -0.2) is 17.0 Å². The fourth-order valence-electron chi connectivity index (χ4n) is 1.73. The van der Waals surface area contributed by atoms with E-state index in [2.05, 4.69) is 78.4 Å². The first-order chi connectivity index (χ1) is 9.01. The lowest BCUT2D eigenvalue weighted by molar-refractivity contribution is 1.14. The summed E-state index contributed by atoms with van der Waals surface area (Å²) in [6.45, 7) is 4.13. The van der Waals surface area contributed by atoms with Gasteiger partial charge in [0.1, 0.15) is 5.82 Å². The quantitative estimate of drug-likeness (QED) is 0.821. The molecule has 0 bridgehead atoms. The lowest BCUT2D eigenvalue weighted by Gasteiger charge is -2.11. The number of anilines is 3. The molecule has 0 aliphatic heterocycles. The molecule has 6 heteroatoms. The SMILES string of the molecule is CNc1ncc(Br)c(Nc2cc(C)c(Br)c(C)c2)n1. The zero-order chi connectivity index (χ0) is 14.0. The van der Waals surface area contributed by atoms with Crippen LogP contribution in [-0.2, 0) is 0 Å². The number of hydrogen-bond donors (Lipinski definition) is 2. The van der Waals surface area contributed by atoms with Gasteiger partial charge in [0.05, 0.1) is 4.47 Å². The summed E-state index contributed by atoms with van der Waals surface area (Å²) in [5, 5.41) is 6.22. The summed E-state index contributed by atoms with van der Waals surface area (Å²) in [6, 6.07) is 4.15. The van der Waals surface area contributed by atoms with Crippen molar-refractivity contribution < 1.29 is 0 Å². The fraction of sp³-hybridized carbons (Fsp3) is 0.231. The first kappa shape index (κ1) is 14.3. The molecule has 100 valence electrons. The third-order valence-electron chi connectivity index (χ3n) is 2.67. The average Bonchev–Trinajstić information content (AvgIpc) is 2.38. The average molecular weight is 386 g/mol. The maximum absolute atomic E-state index is 4.38. The standard InChI is InChI=1S/C13H14Br2N4/c1-7-4-9(5-8(2)11(7)15)18-12-10(14)6-17-13(16-3)19-12/h4-6H,1-3H3,(H2,16,17,18,19). The molecule has 0 fully saturated rings. The van der Waals surface area contributed by atoms with E-state index in [9.17, 15) is 0 Å². The van der Waals surface area contributed by atoms with Gasteiger partial charge in [-0.1, -0.05) is 15.9 Å². The van der Waals surface area contributed by atoms with Gasteiger partial charge in [0.15, 0.2) is 0 Å². The Bertz CT molecular complexity index is 591. The van der Waals surface area contributed by atoms with Gasteiger partial charge in [-0.15, -0.1) is 0 Å². The first-order valence-electron chi connectivity index (χ1n) is 5.75. The molecule has 0 amide bonds. The number of nitrogens with zero attached hydrogens (tertiary/aromatic N) is 2. The van der Waals surface area contributed by atoms with Crippen molar-refractivity contribution in [1.29, 1.82) is 0 Å². The Morgan fingerprint density at radius 3 is 2.32 bits per heavy atom. The zero-order valence-corrected chi connectivity index (χ0v) is 14.1. The third kappa shape index (κ3) is 3.25. The number of halogens is 2. The van der Waals surface area contributed by atoms with Gasteiger partial charge in [-0.05, 0) is 53.0 Å². The third-order valence-corrected chi connectivity index (χ3v) is 4.50. The summed E-state index contributed by atoms with van der Waals surface area (Å²) in [4.78, 5) is 8.51. The molecule has 1 aromatic heterocycles. The molecule has 0 unspecified atom stereocenters. The minimum atomic E-state index is 0.580. The van der Waals surface area contributed by atoms with E-state index < -0.39 is 0 Å². The highest BCUT2D eigenvalue weighted by Crippen LogP contribution is 2.29. The molecular formula is C13H14Br2N4. The molecule has 2 aromatic rings. The van der Waals surface area contributed by atoms with Gasteiger partial charge in [0.25, 0.3) is 0 Å². The Hall–Kier alpha value is -1.14. The van der Waals surface area contributed by atoms with Crippen LogP contribution in [0.25, 0.3) is 0 Å². The molecule has 0 radical (unpaired) electrons. The molecule has 0 atom stereocenters. The predicted octanol–water partition coefficient (Wildman–Crippen LogP) is 4.40. The van der Waals surface area contributed by atoms with Crippen LogP contribution in [0, 0.1) is 13.8 Å². The van der Waals surface area contributed by atoms with E-state index in [1.807, 2.05) is 0 Å². The lowest BCUT2D eigenvalue weighted by atomic mass is 10.1. The van der Waals surface area contributed by atoms with Crippen molar-refractivity contribution in [2.75, 3.05) is 17.7 Å². The summed E-state index contributed by atoms with van der Waals surface area (Å²) in [6.07, 6.45) is 1.72. The minimum absolute atomic E-state index is 0.580. The molecule has 0 aliphatic rings. The minimum Gasteiger partial charge on any atom is -0.357 e. The lowest BCUT2D eigenvalue weighted by Crippen LogP contribution is -2.01. The van der Waals surface area contributed by atoms with Gasteiger partial charge in [0, 0.05) is 23.4 Å². The highest BCUT2D eigenvalue weighted by molar-refractivity contribution is 9.11. The Morgan fingerprint density at radius 2 is 1.74 bits per heavy atom. The number of nitrogens with one attached hydrogen (secondary N) is 2. The summed E-state index contributed by atoms with van der Waals surface area (Å²) < 4.78 is 1.96. The van der Waals surface area contributed by atoms with Crippen LogP contribution >= 0.6 is 31.9 Å². The Labute approximate surface area is 129 Å². The van der Waals surface area contributed by atoms with Gasteiger partial charge in [-0.2, -0.15) is 4.98 Å². The molecule has 4 nitrogen and oxygen atoms in total. The summed E-state index contributed by atoms with van der Waals surface area (Å²) in [5.74, 6) is 1.32. The second-order valence-corrected chi connectivity index (χ2v) is 5.84. The molecule has 0 saturated heterocycles.